The number of aromatic nitrogens is 2. The summed E-state index contributed by atoms with van der Waals surface area (Å²) >= 11 is 0. The van der Waals surface area contributed by atoms with Gasteiger partial charge in [-0.2, -0.15) is 0 Å². The van der Waals surface area contributed by atoms with Crippen LogP contribution in [0.25, 0.3) is 10.9 Å². The molecule has 1 unspecified atom stereocenters. The van der Waals surface area contributed by atoms with Gasteiger partial charge in [-0.05, 0) is 31.5 Å². The highest BCUT2D eigenvalue weighted by Gasteiger charge is 2.18. The summed E-state index contributed by atoms with van der Waals surface area (Å²) in [6.45, 7) is 2.28. The molecule has 3 nitrogen and oxygen atoms in total. The van der Waals surface area contributed by atoms with Crippen LogP contribution in [0, 0.1) is 0 Å². The van der Waals surface area contributed by atoms with E-state index in [1.165, 1.54) is 36.0 Å². The second-order valence-corrected chi connectivity index (χ2v) is 4.61. The summed E-state index contributed by atoms with van der Waals surface area (Å²) in [4.78, 5) is 4.18. The molecular formula is C13H17N3. The zero-order chi connectivity index (χ0) is 11.0. The van der Waals surface area contributed by atoms with Crippen LogP contribution in [0.15, 0.2) is 24.5 Å². The molecule has 0 aliphatic carbocycles. The molecule has 3 heterocycles. The quantitative estimate of drug-likeness (QED) is 0.789. The van der Waals surface area contributed by atoms with Crippen molar-refractivity contribution >= 4 is 10.9 Å². The van der Waals surface area contributed by atoms with Crippen LogP contribution in [0.3, 0.4) is 0 Å². The third-order valence-corrected chi connectivity index (χ3v) is 3.60. The van der Waals surface area contributed by atoms with Gasteiger partial charge in [0.1, 0.15) is 0 Å². The molecule has 1 aliphatic heterocycles. The first-order valence-corrected chi connectivity index (χ1v) is 5.96. The number of nitrogens with zero attached hydrogens (tertiary/aromatic N) is 2. The molecule has 0 bridgehead atoms. The van der Waals surface area contributed by atoms with Crippen LogP contribution in [0.4, 0.5) is 0 Å². The first-order chi connectivity index (χ1) is 7.86. The molecule has 2 aromatic heterocycles. The lowest BCUT2D eigenvalue weighted by Gasteiger charge is -2.23. The third-order valence-electron chi connectivity index (χ3n) is 3.60. The van der Waals surface area contributed by atoms with E-state index < -0.39 is 0 Å². The lowest BCUT2D eigenvalue weighted by atomic mass is 9.96. The smallest absolute Gasteiger partial charge is 0.0511 e. The summed E-state index contributed by atoms with van der Waals surface area (Å²) in [5.41, 5.74) is 2.73. The number of piperidine rings is 1. The van der Waals surface area contributed by atoms with Crippen molar-refractivity contribution in [2.45, 2.75) is 18.8 Å². The van der Waals surface area contributed by atoms with E-state index in [9.17, 15) is 0 Å². The summed E-state index contributed by atoms with van der Waals surface area (Å²) in [5, 5.41) is 4.73. The van der Waals surface area contributed by atoms with E-state index in [1.807, 2.05) is 12.4 Å². The van der Waals surface area contributed by atoms with E-state index in [0.717, 1.165) is 6.54 Å². The zero-order valence-corrected chi connectivity index (χ0v) is 9.61. The highest BCUT2D eigenvalue weighted by atomic mass is 15.0. The van der Waals surface area contributed by atoms with Gasteiger partial charge in [-0.25, -0.2) is 0 Å². The standard InChI is InChI=1S/C13H17N3/c1-16-12-4-6-15-9-11(12)7-13(16)10-3-2-5-14-8-10/h4,6-7,9-10,14H,2-3,5,8H2,1H3. The van der Waals surface area contributed by atoms with E-state index in [0.29, 0.717) is 5.92 Å². The number of hydrogen-bond donors (Lipinski definition) is 1. The molecule has 0 spiro atoms. The number of nitrogens with one attached hydrogen (secondary N) is 1. The molecule has 16 heavy (non-hydrogen) atoms. The second kappa shape index (κ2) is 3.91. The van der Waals surface area contributed by atoms with Crippen molar-refractivity contribution in [1.29, 1.82) is 0 Å². The van der Waals surface area contributed by atoms with Gasteiger partial charge in [0.05, 0.1) is 5.52 Å². The maximum atomic E-state index is 4.18. The Morgan fingerprint density at radius 1 is 1.50 bits per heavy atom. The molecule has 0 aromatic carbocycles. The molecule has 1 atom stereocenters. The van der Waals surface area contributed by atoms with Crippen molar-refractivity contribution in [2.24, 2.45) is 7.05 Å². The van der Waals surface area contributed by atoms with Crippen molar-refractivity contribution in [1.82, 2.24) is 14.9 Å². The van der Waals surface area contributed by atoms with Crippen molar-refractivity contribution < 1.29 is 0 Å². The predicted molar refractivity (Wildman–Crippen MR) is 65.6 cm³/mol. The van der Waals surface area contributed by atoms with Gasteiger partial charge in [-0.15, -0.1) is 0 Å². The maximum absolute atomic E-state index is 4.18. The number of aryl methyl sites for hydroxylation is 1. The molecule has 0 radical (unpaired) electrons. The molecule has 1 aliphatic rings. The number of hydrogen-bond acceptors (Lipinski definition) is 2. The number of fused-ring (bicyclic) bond motifs is 1. The third kappa shape index (κ3) is 1.52. The lowest BCUT2D eigenvalue weighted by molar-refractivity contribution is 0.448. The van der Waals surface area contributed by atoms with Crippen LogP contribution in [-0.2, 0) is 7.05 Å². The van der Waals surface area contributed by atoms with Crippen LogP contribution in [0.5, 0.6) is 0 Å². The van der Waals surface area contributed by atoms with E-state index in [1.54, 1.807) is 0 Å². The summed E-state index contributed by atoms with van der Waals surface area (Å²) in [6, 6.07) is 4.38. The van der Waals surface area contributed by atoms with Crippen molar-refractivity contribution in [3.8, 4) is 0 Å². The fourth-order valence-electron chi connectivity index (χ4n) is 2.71. The monoisotopic (exact) mass is 215 g/mol. The van der Waals surface area contributed by atoms with Gasteiger partial charge < -0.3 is 9.88 Å². The van der Waals surface area contributed by atoms with Gasteiger partial charge in [0.15, 0.2) is 0 Å². The first-order valence-electron chi connectivity index (χ1n) is 5.96. The van der Waals surface area contributed by atoms with Crippen LogP contribution in [0.2, 0.25) is 0 Å². The molecule has 1 fully saturated rings. The SMILES string of the molecule is Cn1c(C2CCCNC2)cc2cnccc21. The number of rotatable bonds is 1. The topological polar surface area (TPSA) is 29.9 Å². The minimum Gasteiger partial charge on any atom is -0.347 e. The van der Waals surface area contributed by atoms with Crippen LogP contribution in [-0.4, -0.2) is 22.6 Å². The van der Waals surface area contributed by atoms with E-state index in [2.05, 4.69) is 34.0 Å². The summed E-state index contributed by atoms with van der Waals surface area (Å²) in [6.07, 6.45) is 6.40. The predicted octanol–water partition coefficient (Wildman–Crippen LogP) is 2.04. The van der Waals surface area contributed by atoms with E-state index in [4.69, 9.17) is 0 Å². The Kier molecular flexibility index (Phi) is 2.40. The highest BCUT2D eigenvalue weighted by molar-refractivity contribution is 5.80. The van der Waals surface area contributed by atoms with Gasteiger partial charge in [0.25, 0.3) is 0 Å². The fraction of sp³-hybridized carbons (Fsp3) is 0.462. The van der Waals surface area contributed by atoms with Gasteiger partial charge >= 0.3 is 0 Å². The zero-order valence-electron chi connectivity index (χ0n) is 9.61. The molecule has 1 N–H and O–H groups in total. The highest BCUT2D eigenvalue weighted by Crippen LogP contribution is 2.27. The van der Waals surface area contributed by atoms with Crippen LogP contribution >= 0.6 is 0 Å². The van der Waals surface area contributed by atoms with Gasteiger partial charge in [0, 0.05) is 43.0 Å². The summed E-state index contributed by atoms with van der Waals surface area (Å²) in [5.74, 6) is 0.658. The molecule has 0 saturated carbocycles. The summed E-state index contributed by atoms with van der Waals surface area (Å²) < 4.78 is 2.31. The molecule has 84 valence electrons. The fourth-order valence-corrected chi connectivity index (χ4v) is 2.71. The normalized spacial score (nSPS) is 21.4. The molecule has 0 amide bonds. The molecule has 3 rings (SSSR count). The Bertz CT molecular complexity index is 495. The lowest BCUT2D eigenvalue weighted by Crippen LogP contribution is -2.29. The second-order valence-electron chi connectivity index (χ2n) is 4.61. The molecule has 2 aromatic rings. The van der Waals surface area contributed by atoms with Crippen LogP contribution in [0.1, 0.15) is 24.5 Å². The Morgan fingerprint density at radius 2 is 2.44 bits per heavy atom. The van der Waals surface area contributed by atoms with E-state index >= 15 is 0 Å². The largest absolute Gasteiger partial charge is 0.347 e. The Hall–Kier alpha value is -1.35. The maximum Gasteiger partial charge on any atom is 0.0511 e. The molecular weight excluding hydrogens is 198 g/mol. The average Bonchev–Trinajstić information content (AvgIpc) is 2.69. The van der Waals surface area contributed by atoms with Crippen molar-refractivity contribution in [3.05, 3.63) is 30.2 Å². The van der Waals surface area contributed by atoms with Crippen molar-refractivity contribution in [3.63, 3.8) is 0 Å². The number of pyridine rings is 1. The van der Waals surface area contributed by atoms with Crippen molar-refractivity contribution in [2.75, 3.05) is 13.1 Å². The molecule has 1 saturated heterocycles. The van der Waals surface area contributed by atoms with Crippen LogP contribution < -0.4 is 5.32 Å². The Morgan fingerprint density at radius 3 is 3.19 bits per heavy atom. The summed E-state index contributed by atoms with van der Waals surface area (Å²) in [7, 11) is 2.16. The van der Waals surface area contributed by atoms with Gasteiger partial charge in [0.2, 0.25) is 0 Å². The minimum absolute atomic E-state index is 0.658. The van der Waals surface area contributed by atoms with E-state index in [-0.39, 0.29) is 0 Å². The van der Waals surface area contributed by atoms with Gasteiger partial charge in [-0.1, -0.05) is 0 Å². The Labute approximate surface area is 95.5 Å². The molecule has 3 heteroatoms. The van der Waals surface area contributed by atoms with Gasteiger partial charge in [-0.3, -0.25) is 4.98 Å². The average molecular weight is 215 g/mol. The minimum atomic E-state index is 0.658. The first kappa shape index (κ1) is 9.85. The Balaban J connectivity index is 2.05.